The van der Waals surface area contributed by atoms with E-state index in [1.165, 1.54) is 12.8 Å². The normalized spacial score (nSPS) is 28.4. The topological polar surface area (TPSA) is 66.4 Å². The first-order valence-corrected chi connectivity index (χ1v) is 6.90. The summed E-state index contributed by atoms with van der Waals surface area (Å²) >= 11 is 0. The molecule has 2 N–H and O–H groups in total. The fraction of sp³-hybridized carbons (Fsp3) is 0.857. The summed E-state index contributed by atoms with van der Waals surface area (Å²) in [4.78, 5) is 23.0. The van der Waals surface area contributed by atoms with Crippen LogP contribution in [0.1, 0.15) is 58.8 Å². The van der Waals surface area contributed by atoms with Crippen LogP contribution in [0, 0.1) is 11.3 Å². The van der Waals surface area contributed by atoms with E-state index < -0.39 is 11.5 Å². The van der Waals surface area contributed by atoms with Gasteiger partial charge in [0.15, 0.2) is 0 Å². The first kappa shape index (κ1) is 13.4. The summed E-state index contributed by atoms with van der Waals surface area (Å²) in [6.45, 7) is 4.43. The molecule has 18 heavy (non-hydrogen) atoms. The highest BCUT2D eigenvalue weighted by molar-refractivity contribution is 5.89. The molecule has 0 aliphatic heterocycles. The van der Waals surface area contributed by atoms with E-state index in [-0.39, 0.29) is 11.3 Å². The first-order valence-electron chi connectivity index (χ1n) is 6.90. The molecule has 1 amide bonds. The molecule has 2 aliphatic carbocycles. The number of rotatable bonds is 4. The number of hydrogen-bond donors (Lipinski definition) is 2. The lowest BCUT2D eigenvalue weighted by Crippen LogP contribution is -2.44. The van der Waals surface area contributed by atoms with Crippen molar-refractivity contribution in [1.82, 2.24) is 5.32 Å². The van der Waals surface area contributed by atoms with Crippen LogP contribution in [0.3, 0.4) is 0 Å². The van der Waals surface area contributed by atoms with E-state index in [1.54, 1.807) is 0 Å². The van der Waals surface area contributed by atoms with Gasteiger partial charge < -0.3 is 10.4 Å². The summed E-state index contributed by atoms with van der Waals surface area (Å²) in [5.41, 5.74) is -0.731. The van der Waals surface area contributed by atoms with Crippen LogP contribution in [-0.2, 0) is 9.59 Å². The Bertz CT molecular complexity index is 358. The van der Waals surface area contributed by atoms with E-state index >= 15 is 0 Å². The van der Waals surface area contributed by atoms with Crippen LogP contribution in [0.4, 0.5) is 0 Å². The number of carboxylic acid groups (broad SMARTS) is 1. The van der Waals surface area contributed by atoms with E-state index in [9.17, 15) is 9.59 Å². The van der Waals surface area contributed by atoms with Gasteiger partial charge in [0.1, 0.15) is 5.54 Å². The largest absolute Gasteiger partial charge is 0.480 e. The summed E-state index contributed by atoms with van der Waals surface area (Å²) in [6, 6.07) is 0. The Hall–Kier alpha value is -1.06. The average Bonchev–Trinajstić information content (AvgIpc) is 3.02. The first-order chi connectivity index (χ1) is 8.36. The van der Waals surface area contributed by atoms with Gasteiger partial charge in [0.05, 0.1) is 0 Å². The molecule has 0 aromatic rings. The van der Waals surface area contributed by atoms with Crippen molar-refractivity contribution in [3.63, 3.8) is 0 Å². The number of carboxylic acids is 1. The molecule has 2 aliphatic rings. The average molecular weight is 253 g/mol. The number of amides is 1. The molecule has 2 saturated carbocycles. The molecular weight excluding hydrogens is 230 g/mol. The lowest BCUT2D eigenvalue weighted by atomic mass is 9.67. The quantitative estimate of drug-likeness (QED) is 0.808. The van der Waals surface area contributed by atoms with Gasteiger partial charge in [0, 0.05) is 6.42 Å². The number of aliphatic carboxylic acids is 1. The molecule has 4 heteroatoms. The van der Waals surface area contributed by atoms with Gasteiger partial charge in [-0.25, -0.2) is 4.79 Å². The maximum Gasteiger partial charge on any atom is 0.329 e. The van der Waals surface area contributed by atoms with Gasteiger partial charge >= 0.3 is 5.97 Å². The highest BCUT2D eigenvalue weighted by atomic mass is 16.4. The standard InChI is InChI=1S/C14H23NO3/c1-13(2)6-4-3-5-10(13)9-11(16)15-14(7-8-14)12(17)18/h10H,3-9H2,1-2H3,(H,15,16)(H,17,18). The Morgan fingerprint density at radius 2 is 1.89 bits per heavy atom. The summed E-state index contributed by atoms with van der Waals surface area (Å²) in [6.07, 6.45) is 6.29. The number of carbonyl (C=O) groups is 2. The maximum absolute atomic E-state index is 12.0. The molecule has 0 saturated heterocycles. The summed E-state index contributed by atoms with van der Waals surface area (Å²) in [5.74, 6) is -0.593. The highest BCUT2D eigenvalue weighted by Crippen LogP contribution is 2.43. The van der Waals surface area contributed by atoms with Crippen LogP contribution in [0.15, 0.2) is 0 Å². The van der Waals surface area contributed by atoms with Gasteiger partial charge in [0.25, 0.3) is 0 Å². The second kappa shape index (κ2) is 4.56. The summed E-state index contributed by atoms with van der Waals surface area (Å²) in [7, 11) is 0. The van der Waals surface area contributed by atoms with Crippen LogP contribution in [0.5, 0.6) is 0 Å². The molecule has 2 fully saturated rings. The zero-order valence-corrected chi connectivity index (χ0v) is 11.3. The molecule has 4 nitrogen and oxygen atoms in total. The monoisotopic (exact) mass is 253 g/mol. The molecule has 0 heterocycles. The van der Waals surface area contributed by atoms with Crippen molar-refractivity contribution in [3.05, 3.63) is 0 Å². The molecule has 102 valence electrons. The molecule has 0 aromatic heterocycles. The van der Waals surface area contributed by atoms with Crippen molar-refractivity contribution in [2.45, 2.75) is 64.3 Å². The third kappa shape index (κ3) is 2.68. The number of carbonyl (C=O) groups excluding carboxylic acids is 1. The van der Waals surface area contributed by atoms with Crippen LogP contribution >= 0.6 is 0 Å². The van der Waals surface area contributed by atoms with Crippen molar-refractivity contribution in [2.24, 2.45) is 11.3 Å². The van der Waals surface area contributed by atoms with E-state index in [1.807, 2.05) is 0 Å². The van der Waals surface area contributed by atoms with Crippen molar-refractivity contribution >= 4 is 11.9 Å². The molecule has 0 aromatic carbocycles. The molecule has 1 unspecified atom stereocenters. The van der Waals surface area contributed by atoms with E-state index in [0.717, 1.165) is 12.8 Å². The smallest absolute Gasteiger partial charge is 0.329 e. The third-order valence-electron chi connectivity index (χ3n) is 4.70. The molecule has 0 bridgehead atoms. The maximum atomic E-state index is 12.0. The second-order valence-corrected chi connectivity index (χ2v) is 6.57. The highest BCUT2D eigenvalue weighted by Gasteiger charge is 2.51. The molecule has 0 spiro atoms. The molecule has 2 rings (SSSR count). The minimum absolute atomic E-state index is 0.0881. The minimum Gasteiger partial charge on any atom is -0.480 e. The van der Waals surface area contributed by atoms with Crippen LogP contribution in [0.2, 0.25) is 0 Å². The van der Waals surface area contributed by atoms with Gasteiger partial charge in [-0.1, -0.05) is 26.7 Å². The van der Waals surface area contributed by atoms with E-state index in [2.05, 4.69) is 19.2 Å². The Labute approximate surface area is 108 Å². The van der Waals surface area contributed by atoms with Crippen molar-refractivity contribution in [1.29, 1.82) is 0 Å². The van der Waals surface area contributed by atoms with Crippen LogP contribution in [-0.4, -0.2) is 22.5 Å². The summed E-state index contributed by atoms with van der Waals surface area (Å²) in [5, 5.41) is 11.8. The zero-order chi connectivity index (χ0) is 13.4. The fourth-order valence-electron chi connectivity index (χ4n) is 3.00. The van der Waals surface area contributed by atoms with Crippen molar-refractivity contribution in [2.75, 3.05) is 0 Å². The predicted molar refractivity (Wildman–Crippen MR) is 68.1 cm³/mol. The Morgan fingerprint density at radius 3 is 2.39 bits per heavy atom. The second-order valence-electron chi connectivity index (χ2n) is 6.57. The van der Waals surface area contributed by atoms with Crippen molar-refractivity contribution < 1.29 is 14.7 Å². The van der Waals surface area contributed by atoms with Crippen LogP contribution in [0.25, 0.3) is 0 Å². The predicted octanol–water partition coefficient (Wildman–Crippen LogP) is 2.33. The molecule has 0 radical (unpaired) electrons. The van der Waals surface area contributed by atoms with Crippen molar-refractivity contribution in [3.8, 4) is 0 Å². The number of hydrogen-bond acceptors (Lipinski definition) is 2. The third-order valence-corrected chi connectivity index (χ3v) is 4.70. The van der Waals surface area contributed by atoms with Gasteiger partial charge in [-0.3, -0.25) is 4.79 Å². The Kier molecular flexibility index (Phi) is 3.39. The van der Waals surface area contributed by atoms with E-state index in [4.69, 9.17) is 5.11 Å². The number of nitrogens with one attached hydrogen (secondary N) is 1. The lowest BCUT2D eigenvalue weighted by molar-refractivity contribution is -0.143. The molecule has 1 atom stereocenters. The van der Waals surface area contributed by atoms with Gasteiger partial charge in [-0.05, 0) is 37.0 Å². The Morgan fingerprint density at radius 1 is 1.22 bits per heavy atom. The zero-order valence-electron chi connectivity index (χ0n) is 11.3. The lowest BCUT2D eigenvalue weighted by Gasteiger charge is -2.38. The van der Waals surface area contributed by atoms with E-state index in [0.29, 0.717) is 25.2 Å². The van der Waals surface area contributed by atoms with Gasteiger partial charge in [-0.15, -0.1) is 0 Å². The SMILES string of the molecule is CC1(C)CCCCC1CC(=O)NC1(C(=O)O)CC1. The molecular formula is C14H23NO3. The van der Waals surface area contributed by atoms with Crippen LogP contribution < -0.4 is 5.32 Å². The van der Waals surface area contributed by atoms with Gasteiger partial charge in [0.2, 0.25) is 5.91 Å². The fourth-order valence-corrected chi connectivity index (χ4v) is 3.00. The summed E-state index contributed by atoms with van der Waals surface area (Å²) < 4.78 is 0. The van der Waals surface area contributed by atoms with Gasteiger partial charge in [-0.2, -0.15) is 0 Å². The minimum atomic E-state index is -0.935. The Balaban J connectivity index is 1.89.